The fourth-order valence-electron chi connectivity index (χ4n) is 3.17. The van der Waals surface area contributed by atoms with Gasteiger partial charge < -0.3 is 10.1 Å². The van der Waals surface area contributed by atoms with Crippen molar-refractivity contribution in [3.8, 4) is 5.75 Å². The number of ether oxygens (including phenoxy) is 1. The van der Waals surface area contributed by atoms with Crippen molar-refractivity contribution < 1.29 is 18.8 Å². The Kier molecular flexibility index (Phi) is 6.84. The highest BCUT2D eigenvalue weighted by Gasteiger charge is 2.11. The molecule has 4 rings (SSSR count). The Bertz CT molecular complexity index is 1340. The summed E-state index contributed by atoms with van der Waals surface area (Å²) in [6.45, 7) is 0.549. The van der Waals surface area contributed by atoms with Gasteiger partial charge in [-0.25, -0.2) is 4.39 Å². The number of rotatable bonds is 8. The predicted molar refractivity (Wildman–Crippen MR) is 125 cm³/mol. The summed E-state index contributed by atoms with van der Waals surface area (Å²) in [4.78, 5) is 22.8. The summed E-state index contributed by atoms with van der Waals surface area (Å²) in [7, 11) is 0. The second kappa shape index (κ2) is 10.1. The van der Waals surface area contributed by atoms with Gasteiger partial charge in [-0.05, 0) is 41.5 Å². The summed E-state index contributed by atoms with van der Waals surface area (Å²) in [6, 6.07) is 17.0. The summed E-state index contributed by atoms with van der Waals surface area (Å²) in [5.74, 6) is -0.302. The Balaban J connectivity index is 1.33. The third-order valence-corrected chi connectivity index (χ3v) is 5.16. The van der Waals surface area contributed by atoms with Crippen LogP contribution in [0.2, 0.25) is 5.02 Å². The highest BCUT2D eigenvalue weighted by atomic mass is 35.5. The number of nitrogens with one attached hydrogen (secondary N) is 1. The molecule has 1 amide bonds. The zero-order valence-electron chi connectivity index (χ0n) is 17.7. The molecular formula is C24H18ClFN4O4. The molecule has 4 aromatic rings. The van der Waals surface area contributed by atoms with Gasteiger partial charge >= 0.3 is 0 Å². The number of carbonyl (C=O) groups excluding carboxylic acids is 1. The van der Waals surface area contributed by atoms with Crippen molar-refractivity contribution in [2.24, 2.45) is 0 Å². The van der Waals surface area contributed by atoms with E-state index in [-0.39, 0.29) is 29.0 Å². The molecule has 0 unspecified atom stereocenters. The van der Waals surface area contributed by atoms with Crippen LogP contribution in [0.4, 0.5) is 15.8 Å². The van der Waals surface area contributed by atoms with Gasteiger partial charge in [0.2, 0.25) is 0 Å². The van der Waals surface area contributed by atoms with Crippen LogP contribution < -0.4 is 10.1 Å². The van der Waals surface area contributed by atoms with Crippen LogP contribution in [0.3, 0.4) is 0 Å². The van der Waals surface area contributed by atoms with Crippen molar-refractivity contribution in [2.75, 3.05) is 5.32 Å². The molecule has 10 heteroatoms. The number of aromatic nitrogens is 2. The van der Waals surface area contributed by atoms with Gasteiger partial charge in [0.05, 0.1) is 28.4 Å². The summed E-state index contributed by atoms with van der Waals surface area (Å²) in [5, 5.41) is 17.9. The lowest BCUT2D eigenvalue weighted by Gasteiger charge is -2.09. The Morgan fingerprint density at radius 3 is 2.62 bits per heavy atom. The van der Waals surface area contributed by atoms with Gasteiger partial charge in [-0.3, -0.25) is 19.6 Å². The topological polar surface area (TPSA) is 99.3 Å². The van der Waals surface area contributed by atoms with Crippen molar-refractivity contribution in [1.29, 1.82) is 0 Å². The van der Waals surface area contributed by atoms with Crippen LogP contribution in [-0.4, -0.2) is 20.6 Å². The fraction of sp³-hybridized carbons (Fsp3) is 0.0833. The number of nitro benzene ring substituents is 1. The maximum Gasteiger partial charge on any atom is 0.271 e. The number of hydrogen-bond acceptors (Lipinski definition) is 5. The zero-order valence-corrected chi connectivity index (χ0v) is 18.4. The van der Waals surface area contributed by atoms with E-state index in [1.165, 1.54) is 36.5 Å². The molecule has 0 saturated heterocycles. The minimum absolute atomic E-state index is 0.118. The van der Waals surface area contributed by atoms with Crippen molar-refractivity contribution >= 4 is 28.9 Å². The third-order valence-electron chi connectivity index (χ3n) is 4.86. The Morgan fingerprint density at radius 1 is 1.12 bits per heavy atom. The van der Waals surface area contributed by atoms with Gasteiger partial charge in [-0.1, -0.05) is 35.9 Å². The Morgan fingerprint density at radius 2 is 1.91 bits per heavy atom. The quantitative estimate of drug-likeness (QED) is 0.266. The van der Waals surface area contributed by atoms with Crippen LogP contribution in [0.15, 0.2) is 79.1 Å². The van der Waals surface area contributed by atoms with Crippen LogP contribution in [-0.2, 0) is 13.2 Å². The van der Waals surface area contributed by atoms with Gasteiger partial charge in [0.15, 0.2) is 0 Å². The second-order valence-corrected chi connectivity index (χ2v) is 7.78. The summed E-state index contributed by atoms with van der Waals surface area (Å²) in [5.41, 5.74) is 2.38. The number of nitrogens with zero attached hydrogens (tertiary/aromatic N) is 3. The molecule has 0 aliphatic carbocycles. The van der Waals surface area contributed by atoms with E-state index >= 15 is 0 Å². The average Bonchev–Trinajstić information content (AvgIpc) is 3.25. The Labute approximate surface area is 198 Å². The van der Waals surface area contributed by atoms with E-state index in [1.54, 1.807) is 47.3 Å². The van der Waals surface area contributed by atoms with E-state index in [2.05, 4.69) is 10.4 Å². The first-order valence-corrected chi connectivity index (χ1v) is 10.5. The molecule has 0 aliphatic heterocycles. The van der Waals surface area contributed by atoms with Gasteiger partial charge in [0, 0.05) is 23.9 Å². The summed E-state index contributed by atoms with van der Waals surface area (Å²) >= 11 is 6.03. The van der Waals surface area contributed by atoms with Gasteiger partial charge in [0.25, 0.3) is 11.6 Å². The number of carbonyl (C=O) groups is 1. The van der Waals surface area contributed by atoms with Gasteiger partial charge in [-0.2, -0.15) is 5.10 Å². The van der Waals surface area contributed by atoms with Gasteiger partial charge in [0.1, 0.15) is 18.2 Å². The van der Waals surface area contributed by atoms with E-state index in [0.29, 0.717) is 23.5 Å². The van der Waals surface area contributed by atoms with Crippen LogP contribution in [0.25, 0.3) is 0 Å². The lowest BCUT2D eigenvalue weighted by molar-refractivity contribution is -0.384. The molecule has 1 heterocycles. The number of nitro groups is 1. The first kappa shape index (κ1) is 22.9. The number of benzene rings is 3. The number of halogens is 2. The molecule has 0 aliphatic rings. The largest absolute Gasteiger partial charge is 0.487 e. The van der Waals surface area contributed by atoms with Crippen molar-refractivity contribution in [2.45, 2.75) is 13.2 Å². The fourth-order valence-corrected chi connectivity index (χ4v) is 3.40. The van der Waals surface area contributed by atoms with Crippen molar-refractivity contribution in [3.05, 3.63) is 117 Å². The maximum atomic E-state index is 13.3. The third kappa shape index (κ3) is 5.76. The number of anilines is 1. The summed E-state index contributed by atoms with van der Waals surface area (Å²) in [6.07, 6.45) is 3.19. The summed E-state index contributed by atoms with van der Waals surface area (Å²) < 4.78 is 20.6. The van der Waals surface area contributed by atoms with Gasteiger partial charge in [-0.15, -0.1) is 0 Å². The molecule has 0 saturated carbocycles. The molecule has 172 valence electrons. The molecule has 0 spiro atoms. The van der Waals surface area contributed by atoms with Crippen molar-refractivity contribution in [1.82, 2.24) is 9.78 Å². The first-order valence-electron chi connectivity index (χ1n) is 10.1. The predicted octanol–water partition coefficient (Wildman–Crippen LogP) is 5.46. The smallest absolute Gasteiger partial charge is 0.271 e. The van der Waals surface area contributed by atoms with E-state index in [4.69, 9.17) is 16.3 Å². The molecule has 1 N–H and O–H groups in total. The lowest BCUT2D eigenvalue weighted by Crippen LogP contribution is -2.11. The molecule has 34 heavy (non-hydrogen) atoms. The molecule has 1 aromatic heterocycles. The molecule has 0 fully saturated rings. The second-order valence-electron chi connectivity index (χ2n) is 7.37. The minimum Gasteiger partial charge on any atom is -0.487 e. The highest BCUT2D eigenvalue weighted by Crippen LogP contribution is 2.29. The van der Waals surface area contributed by atoms with Crippen molar-refractivity contribution in [3.63, 3.8) is 0 Å². The lowest BCUT2D eigenvalue weighted by atomic mass is 10.1. The molecular weight excluding hydrogens is 463 g/mol. The normalized spacial score (nSPS) is 10.6. The van der Waals surface area contributed by atoms with Crippen LogP contribution in [0, 0.1) is 15.9 Å². The number of non-ortho nitro benzene ring substituents is 1. The van der Waals surface area contributed by atoms with E-state index in [9.17, 15) is 19.3 Å². The number of hydrogen-bond donors (Lipinski definition) is 1. The maximum absolute atomic E-state index is 13.3. The number of amides is 1. The molecule has 0 radical (unpaired) electrons. The SMILES string of the molecule is O=C(Nc1cnn(Cc2cccc(F)c2)c1)c1ccc(COc2ccc([N+](=O)[O-])cc2Cl)cc1. The van der Waals surface area contributed by atoms with Crippen LogP contribution in [0.1, 0.15) is 21.5 Å². The Hall–Kier alpha value is -4.24. The standard InChI is InChI=1S/C24H18ClFN4O4/c25-22-11-21(30(32)33)8-9-23(22)34-15-16-4-6-18(7-5-16)24(31)28-20-12-27-29(14-20)13-17-2-1-3-19(26)10-17/h1-12,14H,13,15H2,(H,28,31). The van der Waals surface area contributed by atoms with Crippen LogP contribution >= 0.6 is 11.6 Å². The molecule has 3 aromatic carbocycles. The zero-order chi connectivity index (χ0) is 24.1. The van der Waals surface area contributed by atoms with Crippen LogP contribution in [0.5, 0.6) is 5.75 Å². The van der Waals surface area contributed by atoms with E-state index in [1.807, 2.05) is 0 Å². The van der Waals surface area contributed by atoms with E-state index in [0.717, 1.165) is 11.1 Å². The average molecular weight is 481 g/mol. The first-order chi connectivity index (χ1) is 16.4. The molecule has 0 bridgehead atoms. The molecule has 8 nitrogen and oxygen atoms in total. The highest BCUT2D eigenvalue weighted by molar-refractivity contribution is 6.32. The molecule has 0 atom stereocenters. The minimum atomic E-state index is -0.533. The monoisotopic (exact) mass is 480 g/mol. The van der Waals surface area contributed by atoms with E-state index < -0.39 is 4.92 Å².